The van der Waals surface area contributed by atoms with Crippen LogP contribution < -0.4 is 19.9 Å². The first-order valence-electron chi connectivity index (χ1n) is 9.43. The highest BCUT2D eigenvalue weighted by Gasteiger charge is 2.14. The molecule has 0 fully saturated rings. The van der Waals surface area contributed by atoms with Crippen LogP contribution in [0, 0.1) is 5.82 Å². The zero-order valence-electron chi connectivity index (χ0n) is 16.4. The minimum atomic E-state index is -0.573. The summed E-state index contributed by atoms with van der Waals surface area (Å²) in [5.41, 5.74) is 6.50. The summed E-state index contributed by atoms with van der Waals surface area (Å²) >= 11 is 0. The summed E-state index contributed by atoms with van der Waals surface area (Å²) < 4.78 is 33.3. The smallest absolute Gasteiger partial charge is 0.230 e. The van der Waals surface area contributed by atoms with Crippen molar-refractivity contribution in [3.8, 4) is 23.1 Å². The van der Waals surface area contributed by atoms with E-state index in [0.29, 0.717) is 34.7 Å². The largest absolute Gasteiger partial charge is 0.493 e. The predicted molar refractivity (Wildman–Crippen MR) is 112 cm³/mol. The number of nitrogen functional groups attached to an aromatic ring is 1. The fourth-order valence-electron chi connectivity index (χ4n) is 3.05. The van der Waals surface area contributed by atoms with E-state index in [4.69, 9.17) is 19.9 Å². The second kappa shape index (κ2) is 8.69. The van der Waals surface area contributed by atoms with Crippen molar-refractivity contribution in [3.05, 3.63) is 67.0 Å². The van der Waals surface area contributed by atoms with E-state index < -0.39 is 5.82 Å². The maximum Gasteiger partial charge on any atom is 0.230 e. The highest BCUT2D eigenvalue weighted by atomic mass is 19.1. The van der Waals surface area contributed by atoms with Crippen molar-refractivity contribution in [1.82, 2.24) is 14.5 Å². The van der Waals surface area contributed by atoms with Crippen LogP contribution in [0.25, 0.3) is 10.9 Å². The molecule has 0 aliphatic rings. The Bertz CT molecular complexity index is 1150. The Balaban J connectivity index is 1.55. The zero-order chi connectivity index (χ0) is 20.9. The van der Waals surface area contributed by atoms with Gasteiger partial charge in [-0.05, 0) is 36.8 Å². The van der Waals surface area contributed by atoms with E-state index in [1.165, 1.54) is 18.5 Å². The van der Waals surface area contributed by atoms with Gasteiger partial charge < -0.3 is 24.5 Å². The lowest BCUT2D eigenvalue weighted by Gasteiger charge is -2.14. The molecular formula is C22H21FN4O3. The van der Waals surface area contributed by atoms with Crippen LogP contribution in [-0.2, 0) is 6.54 Å². The molecule has 30 heavy (non-hydrogen) atoms. The van der Waals surface area contributed by atoms with Crippen molar-refractivity contribution >= 4 is 16.6 Å². The van der Waals surface area contributed by atoms with Crippen LogP contribution in [0.1, 0.15) is 6.42 Å². The Morgan fingerprint density at radius 1 is 1.03 bits per heavy atom. The lowest BCUT2D eigenvalue weighted by Crippen LogP contribution is -2.04. The topological polar surface area (TPSA) is 84.4 Å². The quantitative estimate of drug-likeness (QED) is 0.343. The van der Waals surface area contributed by atoms with Crippen molar-refractivity contribution in [1.29, 1.82) is 0 Å². The van der Waals surface area contributed by atoms with Crippen LogP contribution in [0.2, 0.25) is 0 Å². The van der Waals surface area contributed by atoms with Gasteiger partial charge >= 0.3 is 0 Å². The summed E-state index contributed by atoms with van der Waals surface area (Å²) in [5, 5.41) is 0.574. The molecule has 0 unspecified atom stereocenters. The maximum absolute atomic E-state index is 14.1. The SMILES string of the molecule is COc1cc2c(Oc3ccc(N)cc3F)ncnc2cc1OCCCn1cccc1. The molecule has 8 heteroatoms. The first-order chi connectivity index (χ1) is 14.6. The van der Waals surface area contributed by atoms with E-state index in [1.807, 2.05) is 24.5 Å². The Labute approximate surface area is 172 Å². The summed E-state index contributed by atoms with van der Waals surface area (Å²) in [6, 6.07) is 11.7. The molecule has 0 amide bonds. The molecule has 7 nitrogen and oxygen atoms in total. The van der Waals surface area contributed by atoms with Crippen LogP contribution >= 0.6 is 0 Å². The highest BCUT2D eigenvalue weighted by molar-refractivity contribution is 5.87. The number of anilines is 1. The summed E-state index contributed by atoms with van der Waals surface area (Å²) in [4.78, 5) is 8.42. The molecule has 154 valence electrons. The number of hydrogen-bond acceptors (Lipinski definition) is 6. The first-order valence-corrected chi connectivity index (χ1v) is 9.43. The van der Waals surface area contributed by atoms with Crippen molar-refractivity contribution < 1.29 is 18.6 Å². The minimum absolute atomic E-state index is 0.0218. The third-order valence-corrected chi connectivity index (χ3v) is 4.53. The van der Waals surface area contributed by atoms with Gasteiger partial charge in [0.05, 0.1) is 24.6 Å². The molecule has 0 bridgehead atoms. The van der Waals surface area contributed by atoms with Crippen molar-refractivity contribution in [3.63, 3.8) is 0 Å². The standard InChI is InChI=1S/C22H21FN4O3/c1-28-20-12-16-18(13-21(20)29-10-4-9-27-7-2-3-8-27)25-14-26-22(16)30-19-6-5-15(24)11-17(19)23/h2-3,5-8,11-14H,4,9-10,24H2,1H3. The van der Waals surface area contributed by atoms with Gasteiger partial charge in [-0.15, -0.1) is 0 Å². The van der Waals surface area contributed by atoms with Crippen molar-refractivity contribution in [2.75, 3.05) is 19.5 Å². The Morgan fingerprint density at radius 2 is 1.87 bits per heavy atom. The molecule has 2 N–H and O–H groups in total. The molecule has 0 spiro atoms. The molecule has 0 radical (unpaired) electrons. The number of nitrogens with two attached hydrogens (primary N) is 1. The molecule has 2 heterocycles. The number of halogens is 1. The molecule has 2 aromatic carbocycles. The number of hydrogen-bond donors (Lipinski definition) is 1. The van der Waals surface area contributed by atoms with E-state index >= 15 is 0 Å². The Hall–Kier alpha value is -3.81. The van der Waals surface area contributed by atoms with Crippen LogP contribution in [0.4, 0.5) is 10.1 Å². The average Bonchev–Trinajstić information content (AvgIpc) is 3.26. The molecule has 0 aliphatic carbocycles. The zero-order valence-corrected chi connectivity index (χ0v) is 16.4. The number of ether oxygens (including phenoxy) is 3. The van der Waals surface area contributed by atoms with Gasteiger partial charge in [0.25, 0.3) is 0 Å². The molecular weight excluding hydrogens is 387 g/mol. The summed E-state index contributed by atoms with van der Waals surface area (Å²) in [5.74, 6) is 0.743. The van der Waals surface area contributed by atoms with Crippen LogP contribution in [0.3, 0.4) is 0 Å². The fraction of sp³-hybridized carbons (Fsp3) is 0.182. The van der Waals surface area contributed by atoms with Crippen molar-refractivity contribution in [2.45, 2.75) is 13.0 Å². The molecule has 0 saturated heterocycles. The fourth-order valence-corrected chi connectivity index (χ4v) is 3.05. The first kappa shape index (κ1) is 19.5. The van der Waals surface area contributed by atoms with Crippen LogP contribution in [-0.4, -0.2) is 28.3 Å². The van der Waals surface area contributed by atoms with Gasteiger partial charge in [0, 0.05) is 36.8 Å². The van der Waals surface area contributed by atoms with Gasteiger partial charge in [-0.1, -0.05) is 0 Å². The maximum atomic E-state index is 14.1. The van der Waals surface area contributed by atoms with Crippen LogP contribution in [0.15, 0.2) is 61.2 Å². The predicted octanol–water partition coefficient (Wildman–Crippen LogP) is 4.42. The molecule has 4 aromatic rings. The minimum Gasteiger partial charge on any atom is -0.493 e. The monoisotopic (exact) mass is 408 g/mol. The summed E-state index contributed by atoms with van der Waals surface area (Å²) in [7, 11) is 1.55. The molecule has 2 aromatic heterocycles. The Kier molecular flexibility index (Phi) is 5.65. The van der Waals surface area contributed by atoms with E-state index in [1.54, 1.807) is 25.3 Å². The lowest BCUT2D eigenvalue weighted by molar-refractivity contribution is 0.283. The Morgan fingerprint density at radius 3 is 2.63 bits per heavy atom. The van der Waals surface area contributed by atoms with E-state index in [2.05, 4.69) is 14.5 Å². The van der Waals surface area contributed by atoms with Gasteiger partial charge in [-0.3, -0.25) is 0 Å². The molecule has 0 aliphatic heterocycles. The number of aryl methyl sites for hydroxylation is 1. The van der Waals surface area contributed by atoms with Gasteiger partial charge in [0.1, 0.15) is 6.33 Å². The highest BCUT2D eigenvalue weighted by Crippen LogP contribution is 2.36. The van der Waals surface area contributed by atoms with Gasteiger partial charge in [-0.2, -0.15) is 0 Å². The van der Waals surface area contributed by atoms with Gasteiger partial charge in [0.15, 0.2) is 23.1 Å². The van der Waals surface area contributed by atoms with Crippen LogP contribution in [0.5, 0.6) is 23.1 Å². The van der Waals surface area contributed by atoms with Gasteiger partial charge in [0.2, 0.25) is 5.88 Å². The third kappa shape index (κ3) is 4.27. The molecule has 0 atom stereocenters. The van der Waals surface area contributed by atoms with Gasteiger partial charge in [-0.25, -0.2) is 14.4 Å². The van der Waals surface area contributed by atoms with Crippen molar-refractivity contribution in [2.24, 2.45) is 0 Å². The van der Waals surface area contributed by atoms with E-state index in [-0.39, 0.29) is 11.6 Å². The third-order valence-electron chi connectivity index (χ3n) is 4.53. The number of rotatable bonds is 8. The average molecular weight is 408 g/mol. The second-order valence-electron chi connectivity index (χ2n) is 6.61. The van der Waals surface area contributed by atoms with E-state index in [0.717, 1.165) is 13.0 Å². The lowest BCUT2D eigenvalue weighted by atomic mass is 10.2. The number of methoxy groups -OCH3 is 1. The molecule has 4 rings (SSSR count). The summed E-state index contributed by atoms with van der Waals surface area (Å²) in [6.45, 7) is 1.38. The molecule has 0 saturated carbocycles. The second-order valence-corrected chi connectivity index (χ2v) is 6.61. The number of aromatic nitrogens is 3. The normalized spacial score (nSPS) is 10.9. The number of nitrogens with zero attached hydrogens (tertiary/aromatic N) is 3. The number of benzene rings is 2. The number of fused-ring (bicyclic) bond motifs is 1. The summed E-state index contributed by atoms with van der Waals surface area (Å²) in [6.07, 6.45) is 6.22. The van der Waals surface area contributed by atoms with E-state index in [9.17, 15) is 4.39 Å².